The summed E-state index contributed by atoms with van der Waals surface area (Å²) in [6.07, 6.45) is 0. The summed E-state index contributed by atoms with van der Waals surface area (Å²) in [6, 6.07) is 58.6. The monoisotopic (exact) mass is 604 g/mol. The molecule has 0 atom stereocenters. The molecule has 0 spiro atoms. The van der Waals surface area contributed by atoms with Crippen LogP contribution in [-0.2, 0) is 0 Å². The topological polar surface area (TPSA) is 42.4 Å². The number of benzene rings is 7. The van der Waals surface area contributed by atoms with Crippen LogP contribution in [0, 0.1) is 0 Å². The van der Waals surface area contributed by atoms with E-state index in [9.17, 15) is 0 Å². The molecule has 0 saturated heterocycles. The van der Waals surface area contributed by atoms with Crippen LogP contribution in [0.3, 0.4) is 0 Å². The second kappa shape index (κ2) is 11.2. The zero-order chi connectivity index (χ0) is 31.2. The number of aromatic nitrogens is 1. The quantitative estimate of drug-likeness (QED) is 0.189. The highest BCUT2D eigenvalue weighted by Crippen LogP contribution is 2.41. The molecule has 47 heavy (non-hydrogen) atoms. The normalized spacial score (nSPS) is 11.4. The van der Waals surface area contributed by atoms with E-state index in [1.165, 1.54) is 5.56 Å². The first-order chi connectivity index (χ1) is 23.3. The number of rotatable bonds is 6. The Balaban J connectivity index is 1.21. The third-order valence-corrected chi connectivity index (χ3v) is 8.68. The summed E-state index contributed by atoms with van der Waals surface area (Å²) in [7, 11) is 0. The number of nitrogens with zero attached hydrogens (tertiary/aromatic N) is 2. The fraction of sp³-hybridized carbons (Fsp3) is 0. The van der Waals surface area contributed by atoms with Crippen molar-refractivity contribution >= 4 is 50.1 Å². The summed E-state index contributed by atoms with van der Waals surface area (Å²) in [6.45, 7) is 0. The SMILES string of the molecule is c1ccc(-c2cccc(N(c3cccc(-c4cccc5nc(-c6ccccc6)oc45)c3)c3ccc4c(c3)oc3ccccc34)c2)cc1. The Morgan fingerprint density at radius 3 is 1.83 bits per heavy atom. The van der Waals surface area contributed by atoms with Crippen molar-refractivity contribution in [3.05, 3.63) is 170 Å². The lowest BCUT2D eigenvalue weighted by atomic mass is 10.0. The molecule has 0 aliphatic rings. The number of hydrogen-bond acceptors (Lipinski definition) is 4. The van der Waals surface area contributed by atoms with Crippen molar-refractivity contribution in [2.24, 2.45) is 0 Å². The van der Waals surface area contributed by atoms with Crippen LogP contribution in [0.4, 0.5) is 17.1 Å². The summed E-state index contributed by atoms with van der Waals surface area (Å²) in [5.74, 6) is 0.614. The van der Waals surface area contributed by atoms with Gasteiger partial charge < -0.3 is 13.7 Å². The van der Waals surface area contributed by atoms with Gasteiger partial charge in [0.05, 0.1) is 0 Å². The van der Waals surface area contributed by atoms with E-state index in [2.05, 4.69) is 114 Å². The Morgan fingerprint density at radius 1 is 0.404 bits per heavy atom. The van der Waals surface area contributed by atoms with Gasteiger partial charge >= 0.3 is 0 Å². The lowest BCUT2D eigenvalue weighted by Gasteiger charge is -2.26. The molecular formula is C43H28N2O2. The van der Waals surface area contributed by atoms with E-state index in [0.29, 0.717) is 5.89 Å². The minimum Gasteiger partial charge on any atom is -0.456 e. The van der Waals surface area contributed by atoms with Gasteiger partial charge in [-0.25, -0.2) is 4.98 Å². The second-order valence-corrected chi connectivity index (χ2v) is 11.6. The largest absolute Gasteiger partial charge is 0.456 e. The lowest BCUT2D eigenvalue weighted by molar-refractivity contribution is 0.621. The zero-order valence-corrected chi connectivity index (χ0v) is 25.4. The lowest BCUT2D eigenvalue weighted by Crippen LogP contribution is -2.10. The molecule has 2 heterocycles. The fourth-order valence-electron chi connectivity index (χ4n) is 6.45. The van der Waals surface area contributed by atoms with Gasteiger partial charge in [-0.1, -0.05) is 103 Å². The number of furan rings is 1. The molecule has 0 radical (unpaired) electrons. The van der Waals surface area contributed by atoms with E-state index in [1.54, 1.807) is 0 Å². The van der Waals surface area contributed by atoms with E-state index in [-0.39, 0.29) is 0 Å². The van der Waals surface area contributed by atoms with Crippen molar-refractivity contribution < 1.29 is 8.83 Å². The summed E-state index contributed by atoms with van der Waals surface area (Å²) >= 11 is 0. The van der Waals surface area contributed by atoms with Gasteiger partial charge in [-0.15, -0.1) is 0 Å². The average molecular weight is 605 g/mol. The van der Waals surface area contributed by atoms with Crippen LogP contribution < -0.4 is 4.90 Å². The minimum atomic E-state index is 0.614. The van der Waals surface area contributed by atoms with Crippen LogP contribution in [-0.4, -0.2) is 4.98 Å². The second-order valence-electron chi connectivity index (χ2n) is 11.6. The van der Waals surface area contributed by atoms with E-state index >= 15 is 0 Å². The molecule has 9 rings (SSSR count). The van der Waals surface area contributed by atoms with Crippen molar-refractivity contribution in [1.29, 1.82) is 0 Å². The van der Waals surface area contributed by atoms with Crippen LogP contribution in [0.1, 0.15) is 0 Å². The van der Waals surface area contributed by atoms with Gasteiger partial charge in [0, 0.05) is 45.0 Å². The molecule has 0 saturated carbocycles. The molecule has 2 aromatic heterocycles. The number of hydrogen-bond donors (Lipinski definition) is 0. The van der Waals surface area contributed by atoms with Gasteiger partial charge in [0.15, 0.2) is 5.58 Å². The number of anilines is 3. The van der Waals surface area contributed by atoms with Crippen molar-refractivity contribution in [2.45, 2.75) is 0 Å². The predicted octanol–water partition coefficient (Wildman–Crippen LogP) is 12.2. The van der Waals surface area contributed by atoms with Gasteiger partial charge in [0.2, 0.25) is 5.89 Å². The van der Waals surface area contributed by atoms with Crippen LogP contribution in [0.25, 0.3) is 66.7 Å². The average Bonchev–Trinajstić information content (AvgIpc) is 3.75. The van der Waals surface area contributed by atoms with Gasteiger partial charge in [-0.3, -0.25) is 0 Å². The maximum absolute atomic E-state index is 6.41. The van der Waals surface area contributed by atoms with E-state index in [0.717, 1.165) is 72.4 Å². The van der Waals surface area contributed by atoms with Gasteiger partial charge in [0.1, 0.15) is 16.7 Å². The summed E-state index contributed by atoms with van der Waals surface area (Å²) in [4.78, 5) is 7.11. The van der Waals surface area contributed by atoms with Crippen molar-refractivity contribution in [3.63, 3.8) is 0 Å². The Bertz CT molecular complexity index is 2530. The summed E-state index contributed by atoms with van der Waals surface area (Å²) < 4.78 is 12.8. The first-order valence-corrected chi connectivity index (χ1v) is 15.7. The number of para-hydroxylation sites is 2. The molecule has 0 aliphatic carbocycles. The Labute approximate surface area is 271 Å². The molecule has 7 aromatic carbocycles. The summed E-state index contributed by atoms with van der Waals surface area (Å²) in [5.41, 5.74) is 11.7. The Morgan fingerprint density at radius 2 is 1.02 bits per heavy atom. The summed E-state index contributed by atoms with van der Waals surface area (Å²) in [5, 5.41) is 2.21. The van der Waals surface area contributed by atoms with Gasteiger partial charge in [0.25, 0.3) is 0 Å². The minimum absolute atomic E-state index is 0.614. The third-order valence-electron chi connectivity index (χ3n) is 8.68. The molecule has 4 heteroatoms. The highest BCUT2D eigenvalue weighted by Gasteiger charge is 2.18. The first kappa shape index (κ1) is 27.0. The molecule has 4 nitrogen and oxygen atoms in total. The molecule has 0 aliphatic heterocycles. The highest BCUT2D eigenvalue weighted by atomic mass is 16.3. The number of oxazole rings is 1. The van der Waals surface area contributed by atoms with Gasteiger partial charge in [-0.2, -0.15) is 0 Å². The van der Waals surface area contributed by atoms with E-state index in [1.807, 2.05) is 60.7 Å². The van der Waals surface area contributed by atoms with E-state index in [4.69, 9.17) is 13.8 Å². The highest BCUT2D eigenvalue weighted by molar-refractivity contribution is 6.06. The zero-order valence-electron chi connectivity index (χ0n) is 25.4. The first-order valence-electron chi connectivity index (χ1n) is 15.7. The molecule has 0 amide bonds. The standard InChI is InChI=1S/C43H28N2O2/c1-3-12-29(13-4-1)31-16-9-18-33(26-31)45(35-24-25-38-37-20-7-8-23-40(37)46-41(38)28-35)34-19-10-17-32(27-34)36-21-11-22-39-42(36)47-43(44-39)30-14-5-2-6-15-30/h1-28H. The molecule has 0 fully saturated rings. The number of fused-ring (bicyclic) bond motifs is 4. The Hall–Kier alpha value is -6.39. The van der Waals surface area contributed by atoms with Crippen LogP contribution in [0.5, 0.6) is 0 Å². The molecule has 0 N–H and O–H groups in total. The van der Waals surface area contributed by atoms with Crippen molar-refractivity contribution in [3.8, 4) is 33.7 Å². The van der Waals surface area contributed by atoms with Crippen molar-refractivity contribution in [2.75, 3.05) is 4.90 Å². The molecule has 0 bridgehead atoms. The van der Waals surface area contributed by atoms with Crippen LogP contribution in [0.2, 0.25) is 0 Å². The Kier molecular flexibility index (Phi) is 6.43. The van der Waals surface area contributed by atoms with Crippen LogP contribution in [0.15, 0.2) is 179 Å². The maximum atomic E-state index is 6.41. The smallest absolute Gasteiger partial charge is 0.227 e. The van der Waals surface area contributed by atoms with Gasteiger partial charge in [-0.05, 0) is 77.4 Å². The molecule has 0 unspecified atom stereocenters. The fourth-order valence-corrected chi connectivity index (χ4v) is 6.45. The van der Waals surface area contributed by atoms with Crippen molar-refractivity contribution in [1.82, 2.24) is 4.98 Å². The van der Waals surface area contributed by atoms with E-state index < -0.39 is 0 Å². The maximum Gasteiger partial charge on any atom is 0.227 e. The molecule has 9 aromatic rings. The van der Waals surface area contributed by atoms with Crippen LogP contribution >= 0.6 is 0 Å². The molecule has 222 valence electrons. The predicted molar refractivity (Wildman–Crippen MR) is 192 cm³/mol. The third kappa shape index (κ3) is 4.84. The molecular weight excluding hydrogens is 576 g/mol.